The van der Waals surface area contributed by atoms with Crippen LogP contribution < -0.4 is 15.4 Å². The molecule has 3 N–H and O–H groups in total. The van der Waals surface area contributed by atoms with Crippen molar-refractivity contribution in [3.63, 3.8) is 0 Å². The molecule has 10 nitrogen and oxygen atoms in total. The predicted molar refractivity (Wildman–Crippen MR) is 147 cm³/mol. The zero-order valence-electron chi connectivity index (χ0n) is 22.6. The van der Waals surface area contributed by atoms with E-state index in [0.29, 0.717) is 12.5 Å². The van der Waals surface area contributed by atoms with Crippen LogP contribution in [-0.4, -0.2) is 55.0 Å². The number of rotatable bonds is 8. The lowest BCUT2D eigenvalue weighted by Crippen LogP contribution is -2.47. The number of carboxylic acid groups (broad SMARTS) is 1. The van der Waals surface area contributed by atoms with Gasteiger partial charge in [-0.2, -0.15) is 13.2 Å². The van der Waals surface area contributed by atoms with Gasteiger partial charge in [0.2, 0.25) is 5.91 Å². The molecule has 1 saturated carbocycles. The van der Waals surface area contributed by atoms with Crippen molar-refractivity contribution in [2.45, 2.75) is 22.9 Å². The third-order valence-corrected chi connectivity index (χ3v) is 9.08. The Morgan fingerprint density at radius 2 is 1.77 bits per heavy atom. The Kier molecular flexibility index (Phi) is 7.92. The van der Waals surface area contributed by atoms with E-state index < -0.39 is 55.8 Å². The molecule has 0 aliphatic heterocycles. The Labute approximate surface area is 247 Å². The molecule has 44 heavy (non-hydrogen) atoms. The standard InChI is InChI=1S/C29H23F4N3O7S/c1-43-23-13-21(30)19(22-10-16(28(39)40)7-8-34-22)12-20(23)26(37)36-25-15-6-5-14(9-15)24(25)27(38)35-17-3-2-4-18(11-17)44(41,42)29(31,32)33/h2-8,10-15,24-25H,9H2,1H3,(H,35,38)(H,36,37)(H,39,40). The molecule has 2 bridgehead atoms. The number of alkyl halides is 3. The van der Waals surface area contributed by atoms with Gasteiger partial charge in [-0.15, -0.1) is 0 Å². The fraction of sp³-hybridized carbons (Fsp3) is 0.241. The highest BCUT2D eigenvalue weighted by molar-refractivity contribution is 7.92. The van der Waals surface area contributed by atoms with E-state index in [1.165, 1.54) is 25.4 Å². The molecule has 15 heteroatoms. The zero-order valence-corrected chi connectivity index (χ0v) is 23.4. The number of ether oxygens (including phenoxy) is 1. The summed E-state index contributed by atoms with van der Waals surface area (Å²) in [6.45, 7) is 0. The number of nitrogens with one attached hydrogen (secondary N) is 2. The molecular weight excluding hydrogens is 610 g/mol. The van der Waals surface area contributed by atoms with Crippen LogP contribution in [0.25, 0.3) is 11.3 Å². The molecule has 2 aliphatic rings. The number of amides is 2. The van der Waals surface area contributed by atoms with Crippen molar-refractivity contribution >= 4 is 33.3 Å². The molecule has 2 aromatic carbocycles. The molecule has 4 atom stereocenters. The number of halogens is 4. The summed E-state index contributed by atoms with van der Waals surface area (Å²) in [5, 5.41) is 14.5. The maximum Gasteiger partial charge on any atom is 0.501 e. The minimum absolute atomic E-state index is 0.0472. The highest BCUT2D eigenvalue weighted by Gasteiger charge is 2.49. The minimum atomic E-state index is -5.65. The fourth-order valence-corrected chi connectivity index (χ4v) is 6.32. The molecule has 230 valence electrons. The number of benzene rings is 2. The molecule has 0 radical (unpaired) electrons. The van der Waals surface area contributed by atoms with Crippen LogP contribution in [0.15, 0.2) is 71.8 Å². The molecule has 2 aliphatic carbocycles. The highest BCUT2D eigenvalue weighted by atomic mass is 32.2. The first-order valence-corrected chi connectivity index (χ1v) is 14.5. The smallest absolute Gasteiger partial charge is 0.496 e. The monoisotopic (exact) mass is 633 g/mol. The van der Waals surface area contributed by atoms with Gasteiger partial charge in [-0.25, -0.2) is 17.6 Å². The molecule has 0 saturated heterocycles. The number of fused-ring (bicyclic) bond motifs is 2. The average molecular weight is 634 g/mol. The number of aromatic nitrogens is 1. The Bertz CT molecular complexity index is 1810. The summed E-state index contributed by atoms with van der Waals surface area (Å²) in [5.41, 5.74) is -6.21. The van der Waals surface area contributed by atoms with E-state index in [1.54, 1.807) is 6.08 Å². The number of hydrogen-bond donors (Lipinski definition) is 3. The van der Waals surface area contributed by atoms with E-state index in [1.807, 2.05) is 6.08 Å². The van der Waals surface area contributed by atoms with Crippen molar-refractivity contribution in [2.24, 2.45) is 17.8 Å². The third-order valence-electron chi connectivity index (χ3n) is 7.59. The van der Waals surface area contributed by atoms with Gasteiger partial charge in [-0.1, -0.05) is 18.2 Å². The lowest BCUT2D eigenvalue weighted by atomic mass is 9.87. The molecule has 5 rings (SSSR count). The topological polar surface area (TPSA) is 152 Å². The quantitative estimate of drug-likeness (QED) is 0.243. The first kappa shape index (κ1) is 30.7. The van der Waals surface area contributed by atoms with E-state index in [2.05, 4.69) is 15.6 Å². The number of hydrogen-bond acceptors (Lipinski definition) is 7. The summed E-state index contributed by atoms with van der Waals surface area (Å²) in [7, 11) is -4.43. The Morgan fingerprint density at radius 3 is 2.45 bits per heavy atom. The number of sulfone groups is 1. The van der Waals surface area contributed by atoms with Crippen molar-refractivity contribution in [1.82, 2.24) is 10.3 Å². The number of allylic oxidation sites excluding steroid dienone is 1. The molecular formula is C29H23F4N3O7S. The van der Waals surface area contributed by atoms with Crippen molar-refractivity contribution in [1.29, 1.82) is 0 Å². The van der Waals surface area contributed by atoms with E-state index >= 15 is 4.39 Å². The second-order valence-corrected chi connectivity index (χ2v) is 12.1. The van der Waals surface area contributed by atoms with Gasteiger partial charge in [-0.3, -0.25) is 14.6 Å². The van der Waals surface area contributed by atoms with E-state index in [0.717, 1.165) is 30.3 Å². The number of nitrogens with zero attached hydrogens (tertiary/aromatic N) is 1. The predicted octanol–water partition coefficient (Wildman–Crippen LogP) is 4.45. The van der Waals surface area contributed by atoms with Crippen LogP contribution >= 0.6 is 0 Å². The van der Waals surface area contributed by atoms with Gasteiger partial charge in [0.25, 0.3) is 15.7 Å². The number of carboxylic acids is 1. The summed E-state index contributed by atoms with van der Waals surface area (Å²) in [5.74, 6) is -5.12. The number of carbonyl (C=O) groups excluding carboxylic acids is 2. The van der Waals surface area contributed by atoms with Crippen LogP contribution in [0.5, 0.6) is 5.75 Å². The zero-order chi connectivity index (χ0) is 32.0. The van der Waals surface area contributed by atoms with Crippen LogP contribution in [0.3, 0.4) is 0 Å². The molecule has 4 unspecified atom stereocenters. The highest BCUT2D eigenvalue weighted by Crippen LogP contribution is 2.45. The van der Waals surface area contributed by atoms with Gasteiger partial charge in [0, 0.05) is 29.6 Å². The number of aromatic carboxylic acids is 1. The van der Waals surface area contributed by atoms with Crippen molar-refractivity contribution in [2.75, 3.05) is 12.4 Å². The van der Waals surface area contributed by atoms with Crippen molar-refractivity contribution < 1.29 is 50.2 Å². The maximum absolute atomic E-state index is 15.0. The number of carbonyl (C=O) groups is 3. The fourth-order valence-electron chi connectivity index (χ4n) is 5.51. The number of anilines is 1. The molecule has 1 fully saturated rings. The number of pyridine rings is 1. The van der Waals surface area contributed by atoms with Gasteiger partial charge in [0.05, 0.1) is 34.7 Å². The summed E-state index contributed by atoms with van der Waals surface area (Å²) in [6.07, 6.45) is 5.29. The molecule has 3 aromatic rings. The van der Waals surface area contributed by atoms with Crippen LogP contribution in [0.1, 0.15) is 27.1 Å². The Morgan fingerprint density at radius 1 is 1.05 bits per heavy atom. The van der Waals surface area contributed by atoms with Crippen LogP contribution in [0.4, 0.5) is 23.2 Å². The van der Waals surface area contributed by atoms with Crippen LogP contribution in [0.2, 0.25) is 0 Å². The van der Waals surface area contributed by atoms with Gasteiger partial charge in [0.1, 0.15) is 11.6 Å². The second-order valence-electron chi connectivity index (χ2n) is 10.2. The van der Waals surface area contributed by atoms with Gasteiger partial charge in [0.15, 0.2) is 0 Å². The summed E-state index contributed by atoms with van der Waals surface area (Å²) < 4.78 is 83.0. The van der Waals surface area contributed by atoms with Gasteiger partial charge < -0.3 is 20.5 Å². The summed E-state index contributed by atoms with van der Waals surface area (Å²) in [6, 6.07) is 7.45. The molecule has 1 heterocycles. The molecule has 0 spiro atoms. The Balaban J connectivity index is 1.41. The van der Waals surface area contributed by atoms with E-state index in [9.17, 15) is 41.1 Å². The van der Waals surface area contributed by atoms with Crippen LogP contribution in [0, 0.1) is 23.6 Å². The maximum atomic E-state index is 15.0. The molecule has 2 amide bonds. The van der Waals surface area contributed by atoms with E-state index in [4.69, 9.17) is 4.74 Å². The summed E-state index contributed by atoms with van der Waals surface area (Å²) in [4.78, 5) is 41.3. The third kappa shape index (κ3) is 5.62. The van der Waals surface area contributed by atoms with Crippen LogP contribution in [-0.2, 0) is 14.6 Å². The minimum Gasteiger partial charge on any atom is -0.496 e. The van der Waals surface area contributed by atoms with Crippen molar-refractivity contribution in [3.8, 4) is 17.0 Å². The van der Waals surface area contributed by atoms with E-state index in [-0.39, 0.29) is 45.7 Å². The largest absolute Gasteiger partial charge is 0.501 e. The number of methoxy groups -OCH3 is 1. The van der Waals surface area contributed by atoms with Gasteiger partial charge >= 0.3 is 11.5 Å². The molecule has 1 aromatic heterocycles. The first-order chi connectivity index (χ1) is 20.7. The second kappa shape index (κ2) is 11.4. The average Bonchev–Trinajstić information content (AvgIpc) is 3.58. The normalized spacial score (nSPS) is 20.8. The lowest BCUT2D eigenvalue weighted by Gasteiger charge is -2.28. The van der Waals surface area contributed by atoms with Gasteiger partial charge in [-0.05, 0) is 54.7 Å². The first-order valence-electron chi connectivity index (χ1n) is 13.0. The lowest BCUT2D eigenvalue weighted by molar-refractivity contribution is -0.121. The van der Waals surface area contributed by atoms with Crippen molar-refractivity contribution in [3.05, 3.63) is 83.8 Å². The summed E-state index contributed by atoms with van der Waals surface area (Å²) >= 11 is 0. The SMILES string of the molecule is COc1cc(F)c(-c2cc(C(=O)O)ccn2)cc1C(=O)NC1C2C=CC(C2)C1C(=O)Nc1cccc(S(=O)(=O)C(F)(F)F)c1. The Hall–Kier alpha value is -4.79.